The summed E-state index contributed by atoms with van der Waals surface area (Å²) in [6.07, 6.45) is 3.97. The van der Waals surface area contributed by atoms with Crippen molar-refractivity contribution in [3.05, 3.63) is 100 Å². The zero-order chi connectivity index (χ0) is 21.8. The first-order valence-electron chi connectivity index (χ1n) is 9.82. The van der Waals surface area contributed by atoms with Crippen LogP contribution >= 0.6 is 0 Å². The van der Waals surface area contributed by atoms with Crippen LogP contribution in [0.3, 0.4) is 0 Å². The molecule has 0 bridgehead atoms. The molecule has 2 aromatic carbocycles. The number of fused-ring (bicyclic) bond motifs is 1. The van der Waals surface area contributed by atoms with Gasteiger partial charge in [0.1, 0.15) is 17.9 Å². The SMILES string of the molecule is C=CCCc1c(-c2ccc(OCc3ccccc3)cc2)[nH]c2c(C(=O)O)cnn2c1=O. The highest BCUT2D eigenvalue weighted by atomic mass is 16.5. The van der Waals surface area contributed by atoms with Crippen LogP contribution in [0, 0.1) is 0 Å². The van der Waals surface area contributed by atoms with Gasteiger partial charge in [-0.1, -0.05) is 36.4 Å². The van der Waals surface area contributed by atoms with E-state index in [9.17, 15) is 14.7 Å². The number of ether oxygens (including phenoxy) is 1. The molecule has 7 nitrogen and oxygen atoms in total. The lowest BCUT2D eigenvalue weighted by Gasteiger charge is -2.12. The molecular formula is C24H21N3O4. The Balaban J connectivity index is 1.71. The van der Waals surface area contributed by atoms with Gasteiger partial charge in [-0.2, -0.15) is 9.61 Å². The molecule has 0 aliphatic heterocycles. The summed E-state index contributed by atoms with van der Waals surface area (Å²) >= 11 is 0. The lowest BCUT2D eigenvalue weighted by Crippen LogP contribution is -2.22. The molecule has 0 saturated carbocycles. The third kappa shape index (κ3) is 4.11. The molecular weight excluding hydrogens is 394 g/mol. The van der Waals surface area contributed by atoms with E-state index in [1.165, 1.54) is 6.20 Å². The number of rotatable bonds is 8. The summed E-state index contributed by atoms with van der Waals surface area (Å²) in [7, 11) is 0. The minimum atomic E-state index is -1.15. The molecule has 0 saturated heterocycles. The van der Waals surface area contributed by atoms with E-state index < -0.39 is 5.97 Å². The lowest BCUT2D eigenvalue weighted by atomic mass is 10.0. The molecule has 0 unspecified atom stereocenters. The van der Waals surface area contributed by atoms with E-state index >= 15 is 0 Å². The number of allylic oxidation sites excluding steroid dienone is 1. The van der Waals surface area contributed by atoms with Crippen molar-refractivity contribution in [1.82, 2.24) is 14.6 Å². The molecule has 2 heterocycles. The van der Waals surface area contributed by atoms with Crippen molar-refractivity contribution in [3.8, 4) is 17.0 Å². The number of nitrogens with zero attached hydrogens (tertiary/aromatic N) is 2. The van der Waals surface area contributed by atoms with E-state index in [-0.39, 0.29) is 16.8 Å². The van der Waals surface area contributed by atoms with Gasteiger partial charge in [0.05, 0.1) is 11.9 Å². The zero-order valence-electron chi connectivity index (χ0n) is 16.7. The van der Waals surface area contributed by atoms with Crippen LogP contribution in [0.15, 0.2) is 78.2 Å². The number of aromatic nitrogens is 3. The number of benzene rings is 2. The molecule has 0 spiro atoms. The predicted molar refractivity (Wildman–Crippen MR) is 118 cm³/mol. The van der Waals surface area contributed by atoms with Crippen molar-refractivity contribution >= 4 is 11.6 Å². The fourth-order valence-electron chi connectivity index (χ4n) is 3.39. The van der Waals surface area contributed by atoms with Gasteiger partial charge < -0.3 is 14.8 Å². The highest BCUT2D eigenvalue weighted by Crippen LogP contribution is 2.25. The van der Waals surface area contributed by atoms with E-state index in [1.54, 1.807) is 6.08 Å². The van der Waals surface area contributed by atoms with Gasteiger partial charge in [-0.15, -0.1) is 6.58 Å². The van der Waals surface area contributed by atoms with Crippen LogP contribution in [0.5, 0.6) is 5.75 Å². The predicted octanol–water partition coefficient (Wildman–Crippen LogP) is 4.09. The molecule has 156 valence electrons. The van der Waals surface area contributed by atoms with Crippen molar-refractivity contribution in [2.75, 3.05) is 0 Å². The number of hydrogen-bond acceptors (Lipinski definition) is 4. The number of aromatic amines is 1. The van der Waals surface area contributed by atoms with Crippen LogP contribution < -0.4 is 10.3 Å². The Bertz CT molecular complexity index is 1290. The molecule has 2 aromatic heterocycles. The van der Waals surface area contributed by atoms with Crippen LogP contribution in [0.2, 0.25) is 0 Å². The second kappa shape index (κ2) is 8.71. The molecule has 0 radical (unpaired) electrons. The Morgan fingerprint density at radius 2 is 1.90 bits per heavy atom. The van der Waals surface area contributed by atoms with Crippen LogP contribution in [0.25, 0.3) is 16.9 Å². The van der Waals surface area contributed by atoms with E-state index in [1.807, 2.05) is 54.6 Å². The van der Waals surface area contributed by atoms with E-state index in [2.05, 4.69) is 16.7 Å². The van der Waals surface area contributed by atoms with Gasteiger partial charge in [0.15, 0.2) is 5.65 Å². The largest absolute Gasteiger partial charge is 0.489 e. The van der Waals surface area contributed by atoms with Gasteiger partial charge in [-0.25, -0.2) is 4.79 Å². The number of aromatic carboxylic acids is 1. The molecule has 0 fully saturated rings. The first-order valence-corrected chi connectivity index (χ1v) is 9.82. The maximum absolute atomic E-state index is 13.0. The summed E-state index contributed by atoms with van der Waals surface area (Å²) in [4.78, 5) is 27.7. The summed E-state index contributed by atoms with van der Waals surface area (Å²) in [6.45, 7) is 4.18. The zero-order valence-corrected chi connectivity index (χ0v) is 16.7. The summed E-state index contributed by atoms with van der Waals surface area (Å²) in [5.74, 6) is -0.459. The molecule has 0 amide bonds. The minimum absolute atomic E-state index is 0.0589. The lowest BCUT2D eigenvalue weighted by molar-refractivity contribution is 0.0698. The standard InChI is InChI=1S/C24H21N3O4/c1-2-3-9-19-21(26-22-20(24(29)30)14-25-27(22)23(19)28)17-10-12-18(13-11-17)31-15-16-7-5-4-6-8-16/h2,4-8,10-14,26H,1,3,9,15H2,(H,29,30). The minimum Gasteiger partial charge on any atom is -0.489 e. The Morgan fingerprint density at radius 1 is 1.16 bits per heavy atom. The van der Waals surface area contributed by atoms with Gasteiger partial charge >= 0.3 is 5.97 Å². The van der Waals surface area contributed by atoms with Gasteiger partial charge in [0.2, 0.25) is 0 Å². The van der Waals surface area contributed by atoms with Crippen molar-refractivity contribution in [3.63, 3.8) is 0 Å². The quantitative estimate of drug-likeness (QED) is 0.423. The van der Waals surface area contributed by atoms with Crippen molar-refractivity contribution in [2.45, 2.75) is 19.4 Å². The van der Waals surface area contributed by atoms with Crippen LogP contribution in [-0.2, 0) is 13.0 Å². The molecule has 0 aliphatic carbocycles. The van der Waals surface area contributed by atoms with Gasteiger partial charge in [0.25, 0.3) is 5.56 Å². The average Bonchev–Trinajstić information content (AvgIpc) is 3.23. The van der Waals surface area contributed by atoms with Crippen LogP contribution in [0.1, 0.15) is 27.9 Å². The van der Waals surface area contributed by atoms with Crippen molar-refractivity contribution in [2.24, 2.45) is 0 Å². The first kappa shape index (κ1) is 20.2. The molecule has 4 aromatic rings. The smallest absolute Gasteiger partial charge is 0.341 e. The average molecular weight is 415 g/mol. The highest BCUT2D eigenvalue weighted by Gasteiger charge is 2.19. The Morgan fingerprint density at radius 3 is 2.58 bits per heavy atom. The number of nitrogens with one attached hydrogen (secondary N) is 1. The molecule has 4 rings (SSSR count). The van der Waals surface area contributed by atoms with Crippen molar-refractivity contribution < 1.29 is 14.6 Å². The highest BCUT2D eigenvalue weighted by molar-refractivity contribution is 5.94. The monoisotopic (exact) mass is 415 g/mol. The summed E-state index contributed by atoms with van der Waals surface area (Å²) in [5, 5.41) is 13.4. The second-order valence-corrected chi connectivity index (χ2v) is 7.03. The number of carboxylic acids is 1. The maximum atomic E-state index is 13.0. The third-order valence-electron chi connectivity index (χ3n) is 4.99. The van der Waals surface area contributed by atoms with Gasteiger partial charge in [0, 0.05) is 5.56 Å². The first-order chi connectivity index (χ1) is 15.1. The fraction of sp³-hybridized carbons (Fsp3) is 0.125. The van der Waals surface area contributed by atoms with E-state index in [0.717, 1.165) is 15.6 Å². The number of H-pyrrole nitrogens is 1. The molecule has 7 heteroatoms. The van der Waals surface area contributed by atoms with Crippen LogP contribution in [0.4, 0.5) is 0 Å². The van der Waals surface area contributed by atoms with Crippen LogP contribution in [-0.4, -0.2) is 25.7 Å². The normalized spacial score (nSPS) is 10.8. The summed E-state index contributed by atoms with van der Waals surface area (Å²) < 4.78 is 6.93. The van der Waals surface area contributed by atoms with Gasteiger partial charge in [-0.05, 0) is 48.2 Å². The van der Waals surface area contributed by atoms with E-state index in [0.29, 0.717) is 36.5 Å². The molecule has 0 aliphatic rings. The number of carbonyl (C=O) groups is 1. The Labute approximate surface area is 178 Å². The number of carboxylic acid groups (broad SMARTS) is 1. The molecule has 2 N–H and O–H groups in total. The van der Waals surface area contributed by atoms with E-state index in [4.69, 9.17) is 4.74 Å². The summed E-state index contributed by atoms with van der Waals surface area (Å²) in [6, 6.07) is 17.2. The fourth-order valence-corrected chi connectivity index (χ4v) is 3.39. The van der Waals surface area contributed by atoms with Gasteiger partial charge in [-0.3, -0.25) is 4.79 Å². The second-order valence-electron chi connectivity index (χ2n) is 7.03. The Hall–Kier alpha value is -4.13. The number of hydrogen-bond donors (Lipinski definition) is 2. The third-order valence-corrected chi connectivity index (χ3v) is 4.99. The topological polar surface area (TPSA) is 96.7 Å². The summed E-state index contributed by atoms with van der Waals surface area (Å²) in [5.41, 5.74) is 2.65. The molecule has 31 heavy (non-hydrogen) atoms. The van der Waals surface area contributed by atoms with Crippen molar-refractivity contribution in [1.29, 1.82) is 0 Å². The molecule has 0 atom stereocenters. The Kier molecular flexibility index (Phi) is 5.66. The maximum Gasteiger partial charge on any atom is 0.341 e.